The van der Waals surface area contributed by atoms with Gasteiger partial charge in [0, 0.05) is 33.8 Å². The average Bonchev–Trinajstić information content (AvgIpc) is 3.12. The van der Waals surface area contributed by atoms with Crippen LogP contribution in [0.1, 0.15) is 75.1 Å². The van der Waals surface area contributed by atoms with Gasteiger partial charge in [-0.1, -0.05) is 71.9 Å². The Morgan fingerprint density at radius 1 is 0.912 bits per heavy atom. The van der Waals surface area contributed by atoms with E-state index in [4.69, 9.17) is 0 Å². The fourth-order valence-corrected chi connectivity index (χ4v) is 14.0. The molecular formula is C30H42N2OSi. The molecule has 2 aromatic carbocycles. The topological polar surface area (TPSA) is 25.2 Å². The SMILES string of the molecule is CC(C)[Si](C(C)C)(C(C)C)n1c2c(c3cc(C(=O)c4ccccc4)ccc31)CC(N(C)C)CC2. The summed E-state index contributed by atoms with van der Waals surface area (Å²) in [5.41, 5.74) is 7.85. The summed E-state index contributed by atoms with van der Waals surface area (Å²) in [6, 6.07) is 16.8. The van der Waals surface area contributed by atoms with Crippen LogP contribution in [-0.2, 0) is 12.8 Å². The number of hydrogen-bond acceptors (Lipinski definition) is 2. The molecule has 0 saturated carbocycles. The van der Waals surface area contributed by atoms with E-state index in [9.17, 15) is 4.79 Å². The van der Waals surface area contributed by atoms with E-state index < -0.39 is 8.24 Å². The lowest BCUT2D eigenvalue weighted by molar-refractivity contribution is 0.103. The van der Waals surface area contributed by atoms with Gasteiger partial charge in [-0.2, -0.15) is 0 Å². The van der Waals surface area contributed by atoms with Crippen molar-refractivity contribution in [2.45, 2.75) is 83.5 Å². The summed E-state index contributed by atoms with van der Waals surface area (Å²) < 4.78 is 2.86. The molecule has 1 aromatic heterocycles. The molecule has 3 nitrogen and oxygen atoms in total. The van der Waals surface area contributed by atoms with Crippen molar-refractivity contribution < 1.29 is 4.79 Å². The van der Waals surface area contributed by atoms with E-state index in [1.54, 1.807) is 5.69 Å². The second kappa shape index (κ2) is 9.47. The van der Waals surface area contributed by atoms with Crippen LogP contribution in [0.2, 0.25) is 16.6 Å². The van der Waals surface area contributed by atoms with Crippen molar-refractivity contribution in [3.63, 3.8) is 0 Å². The molecule has 1 heterocycles. The molecule has 0 fully saturated rings. The van der Waals surface area contributed by atoms with Crippen LogP contribution in [0.3, 0.4) is 0 Å². The molecule has 0 saturated heterocycles. The van der Waals surface area contributed by atoms with E-state index in [-0.39, 0.29) is 5.78 Å². The molecular weight excluding hydrogens is 432 g/mol. The largest absolute Gasteiger partial charge is 0.370 e. The third-order valence-corrected chi connectivity index (χ3v) is 15.4. The summed E-state index contributed by atoms with van der Waals surface area (Å²) in [6.45, 7) is 14.7. The highest BCUT2D eigenvalue weighted by atomic mass is 28.3. The van der Waals surface area contributed by atoms with E-state index in [0.717, 1.165) is 24.0 Å². The van der Waals surface area contributed by atoms with Crippen molar-refractivity contribution in [3.05, 3.63) is 70.9 Å². The average molecular weight is 475 g/mol. The Labute approximate surface area is 207 Å². The zero-order chi connectivity index (χ0) is 24.8. The molecule has 182 valence electrons. The summed E-state index contributed by atoms with van der Waals surface area (Å²) in [5, 5.41) is 1.31. The molecule has 0 N–H and O–H groups in total. The molecule has 3 aromatic rings. The minimum Gasteiger partial charge on any atom is -0.370 e. The maximum Gasteiger partial charge on any atom is 0.193 e. The number of aromatic nitrogens is 1. The van der Waals surface area contributed by atoms with Crippen molar-refractivity contribution >= 4 is 24.9 Å². The standard InChI is InChI=1S/C30H42N2OSi/c1-20(2)34(21(3)4,22(5)6)32-28-16-14-24(30(33)23-12-10-9-11-13-23)18-26(28)27-19-25(31(7)8)15-17-29(27)32/h9-14,16,18,20-22,25H,15,17,19H2,1-8H3. The Balaban J connectivity index is 2.00. The zero-order valence-electron chi connectivity index (χ0n) is 22.4. The van der Waals surface area contributed by atoms with Crippen molar-refractivity contribution in [1.82, 2.24) is 9.13 Å². The van der Waals surface area contributed by atoms with Gasteiger partial charge in [0.05, 0.1) is 0 Å². The minimum absolute atomic E-state index is 0.115. The zero-order valence-corrected chi connectivity index (χ0v) is 23.4. The Morgan fingerprint density at radius 2 is 1.53 bits per heavy atom. The third kappa shape index (κ3) is 3.89. The van der Waals surface area contributed by atoms with Gasteiger partial charge in [0.1, 0.15) is 0 Å². The monoisotopic (exact) mass is 474 g/mol. The molecule has 1 aliphatic carbocycles. The number of carbonyl (C=O) groups is 1. The van der Waals surface area contributed by atoms with Gasteiger partial charge in [0.2, 0.25) is 0 Å². The maximum atomic E-state index is 13.4. The third-order valence-electron chi connectivity index (χ3n) is 8.53. The lowest BCUT2D eigenvalue weighted by Gasteiger charge is -2.46. The lowest BCUT2D eigenvalue weighted by Crippen LogP contribution is -2.53. The van der Waals surface area contributed by atoms with Gasteiger partial charge in [0.25, 0.3) is 0 Å². The summed E-state index contributed by atoms with van der Waals surface area (Å²) >= 11 is 0. The van der Waals surface area contributed by atoms with E-state index >= 15 is 0 Å². The van der Waals surface area contributed by atoms with Gasteiger partial charge in [-0.05, 0) is 73.7 Å². The van der Waals surface area contributed by atoms with Crippen molar-refractivity contribution in [1.29, 1.82) is 0 Å². The van der Waals surface area contributed by atoms with Gasteiger partial charge in [0.15, 0.2) is 14.0 Å². The number of fused-ring (bicyclic) bond motifs is 3. The number of benzene rings is 2. The van der Waals surface area contributed by atoms with Crippen LogP contribution < -0.4 is 0 Å². The predicted molar refractivity (Wildman–Crippen MR) is 148 cm³/mol. The van der Waals surface area contributed by atoms with Crippen LogP contribution in [0.5, 0.6) is 0 Å². The highest BCUT2D eigenvalue weighted by molar-refractivity contribution is 6.82. The van der Waals surface area contributed by atoms with Crippen LogP contribution in [0.15, 0.2) is 48.5 Å². The quantitative estimate of drug-likeness (QED) is 0.265. The fourth-order valence-electron chi connectivity index (χ4n) is 7.10. The number of rotatable bonds is 7. The molecule has 1 aliphatic rings. The second-order valence-corrected chi connectivity index (χ2v) is 17.1. The van der Waals surface area contributed by atoms with Gasteiger partial charge < -0.3 is 9.13 Å². The van der Waals surface area contributed by atoms with Gasteiger partial charge in [-0.3, -0.25) is 4.79 Å². The normalized spacial score (nSPS) is 16.8. The van der Waals surface area contributed by atoms with Gasteiger partial charge >= 0.3 is 0 Å². The summed E-state index contributed by atoms with van der Waals surface area (Å²) in [5.74, 6) is 0.115. The van der Waals surface area contributed by atoms with Gasteiger partial charge in [-0.25, -0.2) is 0 Å². The Morgan fingerprint density at radius 3 is 2.09 bits per heavy atom. The first-order valence-corrected chi connectivity index (χ1v) is 15.2. The number of hydrogen-bond donors (Lipinski definition) is 0. The van der Waals surface area contributed by atoms with Gasteiger partial charge in [-0.15, -0.1) is 0 Å². The lowest BCUT2D eigenvalue weighted by atomic mass is 9.90. The van der Waals surface area contributed by atoms with Crippen LogP contribution in [0.4, 0.5) is 0 Å². The van der Waals surface area contributed by atoms with E-state index in [1.165, 1.54) is 22.9 Å². The van der Waals surface area contributed by atoms with Crippen molar-refractivity contribution in [3.8, 4) is 0 Å². The number of likely N-dealkylation sites (N-methyl/N-ethyl adjacent to an activating group) is 1. The summed E-state index contributed by atoms with van der Waals surface area (Å²) in [4.78, 5) is 15.7. The smallest absolute Gasteiger partial charge is 0.193 e. The summed E-state index contributed by atoms with van der Waals surface area (Å²) in [6.07, 6.45) is 3.38. The summed E-state index contributed by atoms with van der Waals surface area (Å²) in [7, 11) is 2.47. The number of ketones is 1. The maximum absolute atomic E-state index is 13.4. The van der Waals surface area contributed by atoms with Crippen molar-refractivity contribution in [2.75, 3.05) is 14.1 Å². The highest BCUT2D eigenvalue weighted by Crippen LogP contribution is 2.47. The fraction of sp³-hybridized carbons (Fsp3) is 0.500. The van der Waals surface area contributed by atoms with Crippen LogP contribution in [-0.4, -0.2) is 43.3 Å². The minimum atomic E-state index is -1.93. The number of nitrogens with zero attached hydrogens (tertiary/aromatic N) is 2. The van der Waals surface area contributed by atoms with Crippen LogP contribution in [0, 0.1) is 0 Å². The molecule has 1 atom stereocenters. The van der Waals surface area contributed by atoms with Crippen LogP contribution >= 0.6 is 0 Å². The van der Waals surface area contributed by atoms with E-state index in [0.29, 0.717) is 22.7 Å². The van der Waals surface area contributed by atoms with E-state index in [2.05, 4.69) is 83.0 Å². The molecule has 0 bridgehead atoms. The molecule has 0 radical (unpaired) electrons. The first-order chi connectivity index (χ1) is 16.1. The molecule has 0 spiro atoms. The molecule has 34 heavy (non-hydrogen) atoms. The first-order valence-electron chi connectivity index (χ1n) is 13.0. The molecule has 4 rings (SSSR count). The molecule has 4 heteroatoms. The second-order valence-electron chi connectivity index (χ2n) is 11.4. The first kappa shape index (κ1) is 24.9. The van der Waals surface area contributed by atoms with Crippen LogP contribution in [0.25, 0.3) is 10.9 Å². The molecule has 0 amide bonds. The Kier molecular flexibility index (Phi) is 6.94. The van der Waals surface area contributed by atoms with E-state index in [1.807, 2.05) is 30.3 Å². The highest BCUT2D eigenvalue weighted by Gasteiger charge is 2.48. The molecule has 0 aliphatic heterocycles. The molecule has 1 unspecified atom stereocenters. The Bertz CT molecular complexity index is 1150. The predicted octanol–water partition coefficient (Wildman–Crippen LogP) is 7.31. The number of carbonyl (C=O) groups excluding carboxylic acids is 1. The van der Waals surface area contributed by atoms with Crippen molar-refractivity contribution in [2.24, 2.45) is 0 Å². The Hall–Kier alpha value is -2.17.